The van der Waals surface area contributed by atoms with Gasteiger partial charge in [-0.25, -0.2) is 0 Å². The fourth-order valence-electron chi connectivity index (χ4n) is 5.68. The van der Waals surface area contributed by atoms with Gasteiger partial charge in [-0.3, -0.25) is 9.59 Å². The summed E-state index contributed by atoms with van der Waals surface area (Å²) in [6.45, 7) is 6.85. The molecule has 0 unspecified atom stereocenters. The third-order valence-corrected chi connectivity index (χ3v) is 8.15. The average Bonchev–Trinajstić information content (AvgIpc) is 3.76. The van der Waals surface area contributed by atoms with E-state index in [1.54, 1.807) is 0 Å². The largest absolute Gasteiger partial charge is 0.349 e. The Balaban J connectivity index is 1.28. The van der Waals surface area contributed by atoms with E-state index in [4.69, 9.17) is 0 Å². The van der Waals surface area contributed by atoms with Crippen molar-refractivity contribution in [1.29, 1.82) is 0 Å². The Kier molecular flexibility index (Phi) is 6.62. The van der Waals surface area contributed by atoms with Crippen LogP contribution in [0.1, 0.15) is 64.2 Å². The first kappa shape index (κ1) is 24.6. The molecule has 5 heteroatoms. The van der Waals surface area contributed by atoms with Crippen molar-refractivity contribution in [3.8, 4) is 11.1 Å². The number of amides is 1. The second kappa shape index (κ2) is 10.2. The molecule has 6 rings (SSSR count). The highest BCUT2D eigenvalue weighted by molar-refractivity contribution is 5.97. The van der Waals surface area contributed by atoms with Crippen molar-refractivity contribution in [2.24, 2.45) is 0 Å². The molecule has 2 aliphatic rings. The number of pyridine rings is 1. The van der Waals surface area contributed by atoms with Gasteiger partial charge in [0.05, 0.1) is 6.54 Å². The molecule has 38 heavy (non-hydrogen) atoms. The van der Waals surface area contributed by atoms with Crippen LogP contribution in [-0.4, -0.2) is 29.6 Å². The number of nitrogens with zero attached hydrogens (tertiary/aromatic N) is 1. The summed E-state index contributed by atoms with van der Waals surface area (Å²) in [4.78, 5) is 26.1. The minimum absolute atomic E-state index is 0.0163. The molecule has 0 bridgehead atoms. The molecule has 2 fully saturated rings. The molecule has 5 nitrogen and oxygen atoms in total. The Morgan fingerprint density at radius 2 is 1.66 bits per heavy atom. The first-order chi connectivity index (χ1) is 18.5. The molecule has 1 amide bonds. The summed E-state index contributed by atoms with van der Waals surface area (Å²) < 4.78 is 1.82. The number of hydrogen-bond acceptors (Lipinski definition) is 3. The number of fused-ring (bicyclic) bond motifs is 1. The van der Waals surface area contributed by atoms with Crippen molar-refractivity contribution in [3.05, 3.63) is 105 Å². The van der Waals surface area contributed by atoms with Crippen LogP contribution in [0.3, 0.4) is 0 Å². The van der Waals surface area contributed by atoms with E-state index in [0.29, 0.717) is 24.1 Å². The second-order valence-electron chi connectivity index (χ2n) is 11.0. The molecule has 1 saturated heterocycles. The van der Waals surface area contributed by atoms with Crippen molar-refractivity contribution >= 4 is 16.7 Å². The number of hydrogen-bond donors (Lipinski definition) is 2. The van der Waals surface area contributed by atoms with Gasteiger partial charge in [-0.1, -0.05) is 36.4 Å². The fraction of sp³-hybridized carbons (Fsp3) is 0.333. The van der Waals surface area contributed by atoms with Gasteiger partial charge in [-0.15, -0.1) is 0 Å². The van der Waals surface area contributed by atoms with Gasteiger partial charge in [0, 0.05) is 23.2 Å². The number of rotatable bonds is 6. The topological polar surface area (TPSA) is 63.1 Å². The van der Waals surface area contributed by atoms with Crippen molar-refractivity contribution in [2.45, 2.75) is 58.0 Å². The molecule has 2 heterocycles. The maximum Gasteiger partial charge on any atom is 0.258 e. The Bertz CT molecular complexity index is 1560. The Hall–Kier alpha value is -3.70. The van der Waals surface area contributed by atoms with E-state index in [1.165, 1.54) is 18.4 Å². The highest BCUT2D eigenvalue weighted by Crippen LogP contribution is 2.29. The number of piperidine rings is 1. The zero-order valence-corrected chi connectivity index (χ0v) is 22.2. The lowest BCUT2D eigenvalue weighted by Gasteiger charge is -2.23. The smallest absolute Gasteiger partial charge is 0.258 e. The molecular formula is C33H35N3O2. The molecule has 0 radical (unpaired) electrons. The van der Waals surface area contributed by atoms with Crippen LogP contribution in [0.15, 0.2) is 71.7 Å². The third kappa shape index (κ3) is 5.03. The molecular weight excluding hydrogens is 470 g/mol. The van der Waals surface area contributed by atoms with Gasteiger partial charge >= 0.3 is 0 Å². The molecule has 1 aromatic heterocycles. The third-order valence-electron chi connectivity index (χ3n) is 8.15. The van der Waals surface area contributed by atoms with Gasteiger partial charge in [0.1, 0.15) is 0 Å². The van der Waals surface area contributed by atoms with Crippen molar-refractivity contribution in [2.75, 3.05) is 13.1 Å². The molecule has 1 aliphatic heterocycles. The minimum Gasteiger partial charge on any atom is -0.349 e. The maximum absolute atomic E-state index is 13.5. The molecule has 0 atom stereocenters. The molecule has 0 spiro atoms. The van der Waals surface area contributed by atoms with Gasteiger partial charge in [0.15, 0.2) is 0 Å². The lowest BCUT2D eigenvalue weighted by Crippen LogP contribution is -2.26. The summed E-state index contributed by atoms with van der Waals surface area (Å²) in [5, 5.41) is 8.18. The standard InChI is InChI=1S/C33H35N3O2/c1-21-3-6-27(32(37)35-28-10-11-28)18-30(21)26-9-12-29-31(17-26)22(2)19-36(33(29)38)20-23-4-7-24(8-5-23)25-13-15-34-16-14-25/h3-9,12,17-19,25,28,34H,10-11,13-16,20H2,1-2H3,(H,35,37). The fourth-order valence-corrected chi connectivity index (χ4v) is 5.68. The van der Waals surface area contributed by atoms with Crippen molar-refractivity contribution < 1.29 is 4.79 Å². The van der Waals surface area contributed by atoms with Crippen LogP contribution in [0.25, 0.3) is 21.9 Å². The SMILES string of the molecule is Cc1ccc(C(=O)NC2CC2)cc1-c1ccc2c(=O)n(Cc3ccc(C4CCNCC4)cc3)cc(C)c2c1. The number of aromatic nitrogens is 1. The molecule has 194 valence electrons. The van der Waals surface area contributed by atoms with Crippen LogP contribution in [0.4, 0.5) is 0 Å². The minimum atomic E-state index is -0.0163. The monoisotopic (exact) mass is 505 g/mol. The predicted molar refractivity (Wildman–Crippen MR) is 154 cm³/mol. The molecule has 1 saturated carbocycles. The summed E-state index contributed by atoms with van der Waals surface area (Å²) in [7, 11) is 0. The normalized spacial score (nSPS) is 16.1. The lowest BCUT2D eigenvalue weighted by molar-refractivity contribution is 0.0951. The summed E-state index contributed by atoms with van der Waals surface area (Å²) in [6.07, 6.45) is 6.47. The first-order valence-electron chi connectivity index (χ1n) is 13.8. The van der Waals surface area contributed by atoms with Crippen LogP contribution in [0.5, 0.6) is 0 Å². The van der Waals surface area contributed by atoms with Gasteiger partial charge < -0.3 is 15.2 Å². The highest BCUT2D eigenvalue weighted by Gasteiger charge is 2.24. The number of nitrogens with one attached hydrogen (secondary N) is 2. The Morgan fingerprint density at radius 3 is 2.39 bits per heavy atom. The Labute approximate surface area is 223 Å². The second-order valence-corrected chi connectivity index (χ2v) is 11.0. The zero-order chi connectivity index (χ0) is 26.2. The highest BCUT2D eigenvalue weighted by atomic mass is 16.1. The lowest BCUT2D eigenvalue weighted by atomic mass is 9.90. The summed E-state index contributed by atoms with van der Waals surface area (Å²) >= 11 is 0. The van der Waals surface area contributed by atoms with E-state index in [-0.39, 0.29) is 11.5 Å². The van der Waals surface area contributed by atoms with Crippen LogP contribution in [0, 0.1) is 13.8 Å². The first-order valence-corrected chi connectivity index (χ1v) is 13.8. The number of carbonyl (C=O) groups is 1. The van der Waals surface area contributed by atoms with Crippen LogP contribution in [0.2, 0.25) is 0 Å². The summed E-state index contributed by atoms with van der Waals surface area (Å²) in [5.41, 5.74) is 7.44. The molecule has 3 aromatic carbocycles. The van der Waals surface area contributed by atoms with E-state index in [2.05, 4.69) is 54.8 Å². The van der Waals surface area contributed by atoms with Gasteiger partial charge in [-0.2, -0.15) is 0 Å². The van der Waals surface area contributed by atoms with Crippen molar-refractivity contribution in [1.82, 2.24) is 15.2 Å². The van der Waals surface area contributed by atoms with E-state index in [1.807, 2.05) is 41.1 Å². The van der Waals surface area contributed by atoms with E-state index >= 15 is 0 Å². The zero-order valence-electron chi connectivity index (χ0n) is 22.2. The predicted octanol–water partition coefficient (Wildman–Crippen LogP) is 5.69. The number of aryl methyl sites for hydroxylation is 2. The van der Waals surface area contributed by atoms with E-state index < -0.39 is 0 Å². The molecule has 2 N–H and O–H groups in total. The maximum atomic E-state index is 13.5. The van der Waals surface area contributed by atoms with Gasteiger partial charge in [-0.05, 0) is 122 Å². The van der Waals surface area contributed by atoms with Crippen molar-refractivity contribution in [3.63, 3.8) is 0 Å². The summed E-state index contributed by atoms with van der Waals surface area (Å²) in [6, 6.07) is 21.0. The molecule has 1 aliphatic carbocycles. The number of carbonyl (C=O) groups excluding carboxylic acids is 1. The van der Waals surface area contributed by atoms with Gasteiger partial charge in [0.2, 0.25) is 0 Å². The van der Waals surface area contributed by atoms with Crippen LogP contribution < -0.4 is 16.2 Å². The molecule has 4 aromatic rings. The van der Waals surface area contributed by atoms with Gasteiger partial charge in [0.25, 0.3) is 11.5 Å². The summed E-state index contributed by atoms with van der Waals surface area (Å²) in [5.74, 6) is 0.611. The van der Waals surface area contributed by atoms with E-state index in [0.717, 1.165) is 64.5 Å². The number of benzene rings is 3. The van der Waals surface area contributed by atoms with Crippen LogP contribution in [-0.2, 0) is 6.54 Å². The quantitative estimate of drug-likeness (QED) is 0.354. The van der Waals surface area contributed by atoms with E-state index in [9.17, 15) is 9.59 Å². The van der Waals surface area contributed by atoms with Crippen LogP contribution >= 0.6 is 0 Å². The Morgan fingerprint density at radius 1 is 0.895 bits per heavy atom. The average molecular weight is 506 g/mol.